The summed E-state index contributed by atoms with van der Waals surface area (Å²) in [4.78, 5) is 31.3. The van der Waals surface area contributed by atoms with Crippen LogP contribution < -0.4 is 10.6 Å². The van der Waals surface area contributed by atoms with E-state index in [1.54, 1.807) is 12.1 Å². The Kier molecular flexibility index (Phi) is 7.92. The van der Waals surface area contributed by atoms with Gasteiger partial charge in [-0.3, -0.25) is 9.59 Å². The van der Waals surface area contributed by atoms with Crippen LogP contribution in [0, 0.1) is 5.82 Å². The van der Waals surface area contributed by atoms with E-state index in [0.29, 0.717) is 16.4 Å². The van der Waals surface area contributed by atoms with Crippen molar-refractivity contribution in [2.75, 3.05) is 10.6 Å². The maximum absolute atomic E-state index is 13.4. The number of anilines is 2. The first kappa shape index (κ1) is 25.4. The number of carbonyl (C=O) groups excluding carboxylic acids is 2. The van der Waals surface area contributed by atoms with E-state index >= 15 is 0 Å². The Morgan fingerprint density at radius 3 is 2.13 bits per heavy atom. The van der Waals surface area contributed by atoms with Crippen molar-refractivity contribution in [2.45, 2.75) is 10.1 Å². The van der Waals surface area contributed by atoms with E-state index in [1.807, 2.05) is 78.2 Å². The molecule has 0 aliphatic heterocycles. The summed E-state index contributed by atoms with van der Waals surface area (Å²) < 4.78 is 13.1. The molecule has 2 N–H and O–H groups in total. The Morgan fingerprint density at radius 2 is 1.45 bits per heavy atom. The highest BCUT2D eigenvalue weighted by atomic mass is 32.2. The van der Waals surface area contributed by atoms with Crippen LogP contribution in [0.25, 0.3) is 11.3 Å². The topological polar surface area (TPSA) is 71.1 Å². The second kappa shape index (κ2) is 11.9. The van der Waals surface area contributed by atoms with Gasteiger partial charge < -0.3 is 10.6 Å². The predicted molar refractivity (Wildman–Crippen MR) is 152 cm³/mol. The molecule has 5 rings (SSSR count). The van der Waals surface area contributed by atoms with Crippen molar-refractivity contribution in [3.8, 4) is 11.3 Å². The maximum atomic E-state index is 13.4. The number of hydrogen-bond donors (Lipinski definition) is 2. The largest absolute Gasteiger partial charge is 0.322 e. The molecule has 0 aliphatic rings. The van der Waals surface area contributed by atoms with Crippen molar-refractivity contribution in [2.24, 2.45) is 0 Å². The number of thioether (sulfide) groups is 1. The van der Waals surface area contributed by atoms with Gasteiger partial charge in [0.25, 0.3) is 5.91 Å². The van der Waals surface area contributed by atoms with Crippen LogP contribution in [0.3, 0.4) is 0 Å². The molecule has 0 spiro atoms. The molecular formula is C30H22FN3O2S2. The van der Waals surface area contributed by atoms with Gasteiger partial charge in [0.15, 0.2) is 5.13 Å². The highest BCUT2D eigenvalue weighted by Crippen LogP contribution is 2.37. The minimum absolute atomic E-state index is 0.177. The van der Waals surface area contributed by atoms with Gasteiger partial charge in [-0.2, -0.15) is 0 Å². The lowest BCUT2D eigenvalue weighted by Gasteiger charge is -2.16. The Bertz CT molecular complexity index is 1520. The fraction of sp³-hybridized carbons (Fsp3) is 0.0333. The number of benzene rings is 4. The van der Waals surface area contributed by atoms with Gasteiger partial charge in [0, 0.05) is 27.1 Å². The molecule has 0 fully saturated rings. The van der Waals surface area contributed by atoms with E-state index in [-0.39, 0.29) is 11.8 Å². The number of carbonyl (C=O) groups is 2. The molecular weight excluding hydrogens is 517 g/mol. The van der Waals surface area contributed by atoms with Crippen LogP contribution in [0.4, 0.5) is 15.2 Å². The van der Waals surface area contributed by atoms with Crippen molar-refractivity contribution in [1.29, 1.82) is 0 Å². The molecule has 0 bridgehead atoms. The van der Waals surface area contributed by atoms with Crippen molar-refractivity contribution < 1.29 is 14.0 Å². The summed E-state index contributed by atoms with van der Waals surface area (Å²) in [5.41, 5.74) is 3.63. The zero-order valence-electron chi connectivity index (χ0n) is 20.0. The van der Waals surface area contributed by atoms with E-state index in [9.17, 15) is 14.0 Å². The van der Waals surface area contributed by atoms with Gasteiger partial charge >= 0.3 is 0 Å². The lowest BCUT2D eigenvalue weighted by Crippen LogP contribution is -2.19. The molecule has 0 saturated carbocycles. The summed E-state index contributed by atoms with van der Waals surface area (Å²) in [7, 11) is 0. The minimum Gasteiger partial charge on any atom is -0.322 e. The monoisotopic (exact) mass is 539 g/mol. The highest BCUT2D eigenvalue weighted by molar-refractivity contribution is 8.00. The predicted octanol–water partition coefficient (Wildman–Crippen LogP) is 7.67. The summed E-state index contributed by atoms with van der Waals surface area (Å²) in [5.74, 6) is -0.902. The van der Waals surface area contributed by atoms with E-state index < -0.39 is 11.1 Å². The van der Waals surface area contributed by atoms with Crippen LogP contribution in [0.5, 0.6) is 0 Å². The Hall–Kier alpha value is -4.27. The molecule has 8 heteroatoms. The minimum atomic E-state index is -0.514. The molecule has 1 atom stereocenters. The van der Waals surface area contributed by atoms with Crippen molar-refractivity contribution in [3.63, 3.8) is 0 Å². The molecule has 38 heavy (non-hydrogen) atoms. The maximum Gasteiger partial charge on any atom is 0.255 e. The quantitative estimate of drug-likeness (QED) is 0.199. The van der Waals surface area contributed by atoms with E-state index in [4.69, 9.17) is 0 Å². The molecule has 5 aromatic rings. The third-order valence-electron chi connectivity index (χ3n) is 5.62. The van der Waals surface area contributed by atoms with Crippen LogP contribution in [-0.4, -0.2) is 16.8 Å². The summed E-state index contributed by atoms with van der Waals surface area (Å²) in [6.45, 7) is 0. The number of hydrogen-bond acceptors (Lipinski definition) is 5. The van der Waals surface area contributed by atoms with E-state index in [1.165, 1.54) is 47.4 Å². The summed E-state index contributed by atoms with van der Waals surface area (Å²) in [5, 5.41) is 7.73. The number of aromatic nitrogens is 1. The smallest absolute Gasteiger partial charge is 0.255 e. The fourth-order valence-electron chi connectivity index (χ4n) is 3.70. The molecule has 2 amide bonds. The van der Waals surface area contributed by atoms with E-state index in [0.717, 1.165) is 21.7 Å². The third-order valence-corrected chi connectivity index (χ3v) is 7.64. The lowest BCUT2D eigenvalue weighted by molar-refractivity contribution is -0.115. The van der Waals surface area contributed by atoms with Crippen LogP contribution in [0.15, 0.2) is 119 Å². The second-order valence-electron chi connectivity index (χ2n) is 8.29. The standard InChI is InChI=1S/C30H22FN3O2S2/c31-23-13-11-22(12-14-23)28(35)32-24-15-17-25(18-16-24)38-27(21-9-5-2-6-10-21)29(36)34-30-33-26(19-37-30)20-7-3-1-4-8-20/h1-19,27H,(H,32,35)(H,33,34,36). The first-order chi connectivity index (χ1) is 18.5. The second-order valence-corrected chi connectivity index (χ2v) is 10.3. The van der Waals surface area contributed by atoms with Gasteiger partial charge in [0.2, 0.25) is 5.91 Å². The average Bonchev–Trinajstić information content (AvgIpc) is 3.42. The summed E-state index contributed by atoms with van der Waals surface area (Å²) in [6, 6.07) is 32.0. The number of nitrogens with zero attached hydrogens (tertiary/aromatic N) is 1. The molecule has 1 aromatic heterocycles. The SMILES string of the molecule is O=C(Nc1ccc(SC(C(=O)Nc2nc(-c3ccccc3)cs2)c2ccccc2)cc1)c1ccc(F)cc1. The van der Waals surface area contributed by atoms with E-state index in [2.05, 4.69) is 15.6 Å². The highest BCUT2D eigenvalue weighted by Gasteiger charge is 2.23. The number of nitrogens with one attached hydrogen (secondary N) is 2. The average molecular weight is 540 g/mol. The number of rotatable bonds is 8. The fourth-order valence-corrected chi connectivity index (χ4v) is 5.45. The van der Waals surface area contributed by atoms with Gasteiger partial charge in [-0.25, -0.2) is 9.37 Å². The normalized spacial score (nSPS) is 11.5. The molecule has 1 unspecified atom stereocenters. The Labute approximate surface area is 227 Å². The third kappa shape index (κ3) is 6.34. The zero-order chi connectivity index (χ0) is 26.3. The Balaban J connectivity index is 1.29. The molecule has 0 saturated heterocycles. The lowest BCUT2D eigenvalue weighted by atomic mass is 10.1. The van der Waals surface area contributed by atoms with Crippen LogP contribution in [0.2, 0.25) is 0 Å². The summed E-state index contributed by atoms with van der Waals surface area (Å²) >= 11 is 2.79. The summed E-state index contributed by atoms with van der Waals surface area (Å²) in [6.07, 6.45) is 0. The molecule has 0 radical (unpaired) electrons. The Morgan fingerprint density at radius 1 is 0.789 bits per heavy atom. The molecule has 188 valence electrons. The van der Waals surface area contributed by atoms with Crippen molar-refractivity contribution in [3.05, 3.63) is 132 Å². The first-order valence-electron chi connectivity index (χ1n) is 11.8. The molecule has 4 aromatic carbocycles. The number of amides is 2. The zero-order valence-corrected chi connectivity index (χ0v) is 21.6. The van der Waals surface area contributed by atoms with Gasteiger partial charge in [-0.15, -0.1) is 23.1 Å². The molecule has 5 nitrogen and oxygen atoms in total. The van der Waals surface area contributed by atoms with Crippen LogP contribution >= 0.6 is 23.1 Å². The van der Waals surface area contributed by atoms with Gasteiger partial charge in [-0.1, -0.05) is 60.7 Å². The number of halogens is 1. The van der Waals surface area contributed by atoms with Crippen LogP contribution in [0.1, 0.15) is 21.2 Å². The van der Waals surface area contributed by atoms with Gasteiger partial charge in [-0.05, 0) is 54.1 Å². The van der Waals surface area contributed by atoms with Gasteiger partial charge in [0.05, 0.1) is 5.69 Å². The van der Waals surface area contributed by atoms with Gasteiger partial charge in [0.1, 0.15) is 11.1 Å². The molecule has 1 heterocycles. The molecule has 0 aliphatic carbocycles. The number of thiazole rings is 1. The first-order valence-corrected chi connectivity index (χ1v) is 13.5. The van der Waals surface area contributed by atoms with Crippen molar-refractivity contribution in [1.82, 2.24) is 4.98 Å². The van der Waals surface area contributed by atoms with Crippen LogP contribution in [-0.2, 0) is 4.79 Å². The van der Waals surface area contributed by atoms with Crippen molar-refractivity contribution >= 4 is 45.7 Å².